The van der Waals surface area contributed by atoms with Crippen LogP contribution in [0.25, 0.3) is 10.8 Å². The first-order chi connectivity index (χ1) is 18.9. The number of fused-ring (bicyclic) bond motifs is 1. The summed E-state index contributed by atoms with van der Waals surface area (Å²) in [7, 11) is 0. The fourth-order valence-corrected chi connectivity index (χ4v) is 4.29. The lowest BCUT2D eigenvalue weighted by Gasteiger charge is -2.15. The number of rotatable bonds is 21. The van der Waals surface area contributed by atoms with E-state index >= 15 is 0 Å². The van der Waals surface area contributed by atoms with Gasteiger partial charge in [-0.1, -0.05) is 121 Å². The van der Waals surface area contributed by atoms with Crippen molar-refractivity contribution in [1.29, 1.82) is 0 Å². The maximum absolute atomic E-state index is 10.3. The molecule has 0 spiro atoms. The highest BCUT2D eigenvalue weighted by Gasteiger charge is 2.07. The third kappa shape index (κ3) is 19.4. The Kier molecular flexibility index (Phi) is 20.9. The number of benzene rings is 2. The zero-order valence-electron chi connectivity index (χ0n) is 24.9. The molecular formula is C34H55NO4. The van der Waals surface area contributed by atoms with Crippen molar-refractivity contribution < 1.29 is 19.7 Å². The summed E-state index contributed by atoms with van der Waals surface area (Å²) in [6.07, 6.45) is 20.7. The van der Waals surface area contributed by atoms with Gasteiger partial charge in [-0.25, -0.2) is 0 Å². The molecule has 5 heteroatoms. The number of aliphatic carboxylic acids is 1. The molecule has 3 N–H and O–H groups in total. The molecule has 5 nitrogen and oxygen atoms in total. The van der Waals surface area contributed by atoms with Crippen LogP contribution in [-0.4, -0.2) is 41.5 Å². The largest absolute Gasteiger partial charge is 0.490 e. The zero-order chi connectivity index (χ0) is 28.6. The van der Waals surface area contributed by atoms with Gasteiger partial charge in [0.25, 0.3) is 0 Å². The third-order valence-electron chi connectivity index (χ3n) is 6.60. The summed E-state index contributed by atoms with van der Waals surface area (Å²) in [5, 5.41) is 23.8. The zero-order valence-corrected chi connectivity index (χ0v) is 24.9. The van der Waals surface area contributed by atoms with Crippen LogP contribution in [-0.2, 0) is 4.79 Å². The van der Waals surface area contributed by atoms with Gasteiger partial charge in [-0.05, 0) is 43.6 Å². The number of unbranched alkanes of at least 4 members (excludes halogenated alkanes) is 11. The number of allylic oxidation sites excluding steroid dienone is 2. The van der Waals surface area contributed by atoms with Crippen LogP contribution in [0.2, 0.25) is 0 Å². The molecule has 2 rings (SSSR count). The number of hydrogen-bond donors (Lipinski definition) is 3. The van der Waals surface area contributed by atoms with Crippen LogP contribution in [0.5, 0.6) is 5.75 Å². The quantitative estimate of drug-likeness (QED) is 0.109. The Labute approximate surface area is 238 Å². The molecule has 2 aromatic carbocycles. The standard InChI is InChI=1S/C18H34O2.C16H21NO2/c1-2-3-4-5-6-7-8-9-10-11-12-13-14-15-16-17-18(19)20;1-12(2)17-10-14(18)11-19-16-9-5-7-13-6-3-4-8-15(13)16/h9-10H,2-8,11-17H2,1H3,(H,19,20);3-9,12,14,17-18H,10-11H2,1-2H3/b10-9-;. The van der Waals surface area contributed by atoms with Crippen molar-refractivity contribution in [2.75, 3.05) is 13.2 Å². The van der Waals surface area contributed by atoms with E-state index in [0.29, 0.717) is 25.6 Å². The molecular weight excluding hydrogens is 486 g/mol. The van der Waals surface area contributed by atoms with Crippen molar-refractivity contribution in [2.24, 2.45) is 0 Å². The first-order valence-electron chi connectivity index (χ1n) is 15.3. The molecule has 0 aliphatic carbocycles. The third-order valence-corrected chi connectivity index (χ3v) is 6.60. The smallest absolute Gasteiger partial charge is 0.303 e. The normalized spacial score (nSPS) is 12.0. The molecule has 0 bridgehead atoms. The summed E-state index contributed by atoms with van der Waals surface area (Å²) < 4.78 is 5.72. The van der Waals surface area contributed by atoms with E-state index in [1.54, 1.807) is 0 Å². The minimum Gasteiger partial charge on any atom is -0.490 e. The summed E-state index contributed by atoms with van der Waals surface area (Å²) in [5.41, 5.74) is 0. The average Bonchev–Trinajstić information content (AvgIpc) is 2.93. The van der Waals surface area contributed by atoms with Gasteiger partial charge in [-0.3, -0.25) is 4.79 Å². The molecule has 0 aliphatic heterocycles. The van der Waals surface area contributed by atoms with Crippen LogP contribution >= 0.6 is 0 Å². The number of carbonyl (C=O) groups is 1. The van der Waals surface area contributed by atoms with Gasteiger partial charge in [0, 0.05) is 24.4 Å². The Hall–Kier alpha value is -2.37. The van der Waals surface area contributed by atoms with E-state index in [-0.39, 0.29) is 0 Å². The van der Waals surface area contributed by atoms with Gasteiger partial charge in [0.2, 0.25) is 0 Å². The van der Waals surface area contributed by atoms with Gasteiger partial charge in [-0.15, -0.1) is 0 Å². The fraction of sp³-hybridized carbons (Fsp3) is 0.618. The predicted molar refractivity (Wildman–Crippen MR) is 166 cm³/mol. The Morgan fingerprint density at radius 1 is 0.846 bits per heavy atom. The summed E-state index contributed by atoms with van der Waals surface area (Å²) in [6, 6.07) is 14.4. The fourth-order valence-electron chi connectivity index (χ4n) is 4.29. The minimum absolute atomic E-state index is 0.299. The number of carboxylic acid groups (broad SMARTS) is 1. The van der Waals surface area contributed by atoms with Gasteiger partial charge >= 0.3 is 5.97 Å². The summed E-state index contributed by atoms with van der Waals surface area (Å²) in [6.45, 7) is 7.21. The number of ether oxygens (including phenoxy) is 1. The first-order valence-corrected chi connectivity index (χ1v) is 15.3. The highest BCUT2D eigenvalue weighted by molar-refractivity contribution is 5.88. The Bertz CT molecular complexity index is 890. The first kappa shape index (κ1) is 34.7. The molecule has 0 radical (unpaired) electrons. The minimum atomic E-state index is -0.664. The molecule has 0 aromatic heterocycles. The Morgan fingerprint density at radius 3 is 2.08 bits per heavy atom. The van der Waals surface area contributed by atoms with Crippen molar-refractivity contribution in [1.82, 2.24) is 5.32 Å². The number of aliphatic hydroxyl groups is 1. The second-order valence-electron chi connectivity index (χ2n) is 10.7. The van der Waals surface area contributed by atoms with Gasteiger partial charge in [-0.2, -0.15) is 0 Å². The molecule has 39 heavy (non-hydrogen) atoms. The maximum atomic E-state index is 10.3. The van der Waals surface area contributed by atoms with Crippen molar-refractivity contribution in [3.8, 4) is 5.75 Å². The molecule has 1 atom stereocenters. The predicted octanol–water partition coefficient (Wildman–Crippen LogP) is 8.69. The van der Waals surface area contributed by atoms with Gasteiger partial charge in [0.15, 0.2) is 0 Å². The summed E-state index contributed by atoms with van der Waals surface area (Å²) >= 11 is 0. The number of nitrogens with one attached hydrogen (secondary N) is 1. The van der Waals surface area contributed by atoms with E-state index in [2.05, 4.69) is 50.4 Å². The molecule has 0 saturated carbocycles. The van der Waals surface area contributed by atoms with Crippen LogP contribution in [0.3, 0.4) is 0 Å². The molecule has 1 unspecified atom stereocenters. The molecule has 220 valence electrons. The molecule has 0 heterocycles. The lowest BCUT2D eigenvalue weighted by Crippen LogP contribution is -2.35. The molecule has 0 aliphatic rings. The SMILES string of the molecule is CC(C)NCC(O)COc1cccc2ccccc12.CCCCCCCC/C=C\CCCCCCCC(=O)O. The maximum Gasteiger partial charge on any atom is 0.303 e. The molecule has 0 amide bonds. The topological polar surface area (TPSA) is 78.8 Å². The second kappa shape index (κ2) is 23.5. The van der Waals surface area contributed by atoms with E-state index in [1.165, 1.54) is 70.6 Å². The van der Waals surface area contributed by atoms with Crippen LogP contribution in [0.15, 0.2) is 54.6 Å². The molecule has 2 aromatic rings. The van der Waals surface area contributed by atoms with Crippen molar-refractivity contribution in [3.63, 3.8) is 0 Å². The van der Waals surface area contributed by atoms with Crippen molar-refractivity contribution >= 4 is 16.7 Å². The lowest BCUT2D eigenvalue weighted by atomic mass is 10.1. The Balaban J connectivity index is 0.000000390. The van der Waals surface area contributed by atoms with E-state index in [1.807, 2.05) is 30.3 Å². The Morgan fingerprint density at radius 2 is 1.44 bits per heavy atom. The van der Waals surface area contributed by atoms with Crippen molar-refractivity contribution in [2.45, 2.75) is 123 Å². The molecule has 0 saturated heterocycles. The lowest BCUT2D eigenvalue weighted by molar-refractivity contribution is -0.137. The van der Waals surface area contributed by atoms with Crippen LogP contribution in [0.4, 0.5) is 0 Å². The van der Waals surface area contributed by atoms with E-state index in [4.69, 9.17) is 9.84 Å². The van der Waals surface area contributed by atoms with E-state index in [9.17, 15) is 9.90 Å². The highest BCUT2D eigenvalue weighted by Crippen LogP contribution is 2.25. The van der Waals surface area contributed by atoms with E-state index in [0.717, 1.165) is 29.4 Å². The average molecular weight is 542 g/mol. The van der Waals surface area contributed by atoms with Gasteiger partial charge < -0.3 is 20.3 Å². The summed E-state index contributed by atoms with van der Waals surface area (Å²) in [5.74, 6) is 0.157. The van der Waals surface area contributed by atoms with Crippen LogP contribution in [0, 0.1) is 0 Å². The number of hydrogen-bond acceptors (Lipinski definition) is 4. The highest BCUT2D eigenvalue weighted by atomic mass is 16.5. The van der Waals surface area contributed by atoms with Gasteiger partial charge in [0.05, 0.1) is 0 Å². The van der Waals surface area contributed by atoms with Crippen molar-refractivity contribution in [3.05, 3.63) is 54.6 Å². The van der Waals surface area contributed by atoms with Crippen LogP contribution in [0.1, 0.15) is 111 Å². The number of carboxylic acids is 1. The number of aliphatic hydroxyl groups excluding tert-OH is 1. The monoisotopic (exact) mass is 541 g/mol. The van der Waals surface area contributed by atoms with Gasteiger partial charge in [0.1, 0.15) is 18.5 Å². The van der Waals surface area contributed by atoms with E-state index < -0.39 is 12.1 Å². The van der Waals surface area contributed by atoms with Crippen LogP contribution < -0.4 is 10.1 Å². The summed E-state index contributed by atoms with van der Waals surface area (Å²) in [4.78, 5) is 10.3. The second-order valence-corrected chi connectivity index (χ2v) is 10.7. The molecule has 0 fully saturated rings.